The van der Waals surface area contributed by atoms with Crippen molar-refractivity contribution in [3.8, 4) is 0 Å². The van der Waals surface area contributed by atoms with E-state index in [1.54, 1.807) is 0 Å². The first-order chi connectivity index (χ1) is 5.79. The number of hydrogen-bond acceptors (Lipinski definition) is 0. The van der Waals surface area contributed by atoms with Gasteiger partial charge in [0.15, 0.2) is 0 Å². The van der Waals surface area contributed by atoms with Crippen LogP contribution >= 0.6 is 0 Å². The van der Waals surface area contributed by atoms with Crippen LogP contribution in [0.1, 0.15) is 31.4 Å². The Hall–Kier alpha value is -1.04. The predicted octanol–water partition coefficient (Wildman–Crippen LogP) is 3.81. The summed E-state index contributed by atoms with van der Waals surface area (Å²) in [7, 11) is 0. The van der Waals surface area contributed by atoms with E-state index in [9.17, 15) is 0 Å². The van der Waals surface area contributed by atoms with E-state index in [0.29, 0.717) is 0 Å². The molecule has 0 N–H and O–H groups in total. The fourth-order valence-corrected chi connectivity index (χ4v) is 1.48. The summed E-state index contributed by atoms with van der Waals surface area (Å²) in [4.78, 5) is 0. The van der Waals surface area contributed by atoms with Gasteiger partial charge in [0, 0.05) is 0 Å². The van der Waals surface area contributed by atoms with Crippen molar-refractivity contribution < 1.29 is 0 Å². The van der Waals surface area contributed by atoms with E-state index < -0.39 is 0 Å². The normalized spacial score (nSPS) is 11.8. The summed E-state index contributed by atoms with van der Waals surface area (Å²) >= 11 is 0. The monoisotopic (exact) mass is 160 g/mol. The zero-order valence-corrected chi connectivity index (χ0v) is 8.09. The highest BCUT2D eigenvalue weighted by molar-refractivity contribution is 5.67. The van der Waals surface area contributed by atoms with E-state index in [0.717, 1.165) is 6.42 Å². The Labute approximate surface area is 74.9 Å². The number of benzene rings is 1. The molecule has 0 unspecified atom stereocenters. The van der Waals surface area contributed by atoms with Gasteiger partial charge in [-0.25, -0.2) is 0 Å². The maximum atomic E-state index is 2.20. The molecule has 1 rings (SSSR count). The van der Waals surface area contributed by atoms with Gasteiger partial charge in [-0.1, -0.05) is 37.3 Å². The van der Waals surface area contributed by atoms with Crippen LogP contribution in [0.25, 0.3) is 5.57 Å². The van der Waals surface area contributed by atoms with E-state index in [2.05, 4.69) is 51.1 Å². The lowest BCUT2D eigenvalue weighted by molar-refractivity contribution is 1.22. The molecule has 0 aliphatic rings. The van der Waals surface area contributed by atoms with Crippen LogP contribution < -0.4 is 0 Å². The summed E-state index contributed by atoms with van der Waals surface area (Å²) in [6, 6.07) is 8.53. The topological polar surface area (TPSA) is 0 Å². The van der Waals surface area contributed by atoms with Crippen molar-refractivity contribution in [1.82, 2.24) is 0 Å². The molecule has 0 saturated heterocycles. The molecule has 0 saturated carbocycles. The van der Waals surface area contributed by atoms with Crippen LogP contribution in [-0.4, -0.2) is 0 Å². The van der Waals surface area contributed by atoms with Crippen molar-refractivity contribution in [1.29, 1.82) is 0 Å². The molecular formula is C12H16. The number of rotatable bonds is 2. The van der Waals surface area contributed by atoms with Crippen LogP contribution in [-0.2, 0) is 0 Å². The molecule has 1 aromatic rings. The first-order valence-corrected chi connectivity index (χ1v) is 4.50. The average molecular weight is 160 g/mol. The van der Waals surface area contributed by atoms with Crippen molar-refractivity contribution in [3.63, 3.8) is 0 Å². The van der Waals surface area contributed by atoms with Crippen molar-refractivity contribution in [2.24, 2.45) is 0 Å². The number of aryl methyl sites for hydroxylation is 1. The van der Waals surface area contributed by atoms with E-state index in [1.165, 1.54) is 16.7 Å². The SMILES string of the molecule is C/C=C(\CC)c1ccccc1C. The second kappa shape index (κ2) is 4.10. The number of hydrogen-bond donors (Lipinski definition) is 0. The summed E-state index contributed by atoms with van der Waals surface area (Å²) in [6.07, 6.45) is 3.31. The minimum Gasteiger partial charge on any atom is -0.0838 e. The van der Waals surface area contributed by atoms with Gasteiger partial charge in [0.2, 0.25) is 0 Å². The third-order valence-electron chi connectivity index (χ3n) is 2.22. The highest BCUT2D eigenvalue weighted by Crippen LogP contribution is 2.20. The summed E-state index contributed by atoms with van der Waals surface area (Å²) in [5.74, 6) is 0. The Morgan fingerprint density at radius 2 is 2.00 bits per heavy atom. The molecule has 0 heterocycles. The van der Waals surface area contributed by atoms with Crippen molar-refractivity contribution in [2.45, 2.75) is 27.2 Å². The minimum absolute atomic E-state index is 1.11. The molecule has 0 spiro atoms. The second-order valence-corrected chi connectivity index (χ2v) is 2.98. The van der Waals surface area contributed by atoms with Gasteiger partial charge in [0.05, 0.1) is 0 Å². The van der Waals surface area contributed by atoms with Gasteiger partial charge in [0.1, 0.15) is 0 Å². The van der Waals surface area contributed by atoms with Crippen LogP contribution in [0, 0.1) is 6.92 Å². The maximum absolute atomic E-state index is 2.20. The Balaban J connectivity index is 3.10. The van der Waals surface area contributed by atoms with Gasteiger partial charge in [-0.15, -0.1) is 0 Å². The van der Waals surface area contributed by atoms with E-state index in [4.69, 9.17) is 0 Å². The Morgan fingerprint density at radius 3 is 2.50 bits per heavy atom. The molecule has 1 aromatic carbocycles. The van der Waals surface area contributed by atoms with E-state index in [1.807, 2.05) is 0 Å². The largest absolute Gasteiger partial charge is 0.0838 e. The minimum atomic E-state index is 1.11. The second-order valence-electron chi connectivity index (χ2n) is 2.98. The molecule has 12 heavy (non-hydrogen) atoms. The van der Waals surface area contributed by atoms with E-state index >= 15 is 0 Å². The van der Waals surface area contributed by atoms with Gasteiger partial charge >= 0.3 is 0 Å². The van der Waals surface area contributed by atoms with Crippen LogP contribution in [0.4, 0.5) is 0 Å². The summed E-state index contributed by atoms with van der Waals surface area (Å²) < 4.78 is 0. The zero-order chi connectivity index (χ0) is 8.97. The van der Waals surface area contributed by atoms with E-state index in [-0.39, 0.29) is 0 Å². The standard InChI is InChI=1S/C12H16/c1-4-11(5-2)12-9-7-6-8-10(12)3/h4,6-9H,5H2,1-3H3/b11-4+. The Morgan fingerprint density at radius 1 is 1.33 bits per heavy atom. The lowest BCUT2D eigenvalue weighted by Gasteiger charge is -2.07. The third kappa shape index (κ3) is 1.76. The molecule has 0 fully saturated rings. The van der Waals surface area contributed by atoms with Crippen LogP contribution in [0.15, 0.2) is 30.3 Å². The van der Waals surface area contributed by atoms with Gasteiger partial charge in [0.25, 0.3) is 0 Å². The molecule has 0 aromatic heterocycles. The van der Waals surface area contributed by atoms with Crippen LogP contribution in [0.3, 0.4) is 0 Å². The van der Waals surface area contributed by atoms with Gasteiger partial charge in [-0.3, -0.25) is 0 Å². The molecule has 0 aliphatic heterocycles. The zero-order valence-electron chi connectivity index (χ0n) is 8.09. The highest BCUT2D eigenvalue weighted by Gasteiger charge is 1.99. The lowest BCUT2D eigenvalue weighted by atomic mass is 9.99. The van der Waals surface area contributed by atoms with Crippen molar-refractivity contribution >= 4 is 5.57 Å². The molecule has 0 aliphatic carbocycles. The Bertz CT molecular complexity index is 282. The molecule has 0 bridgehead atoms. The number of allylic oxidation sites excluding steroid dienone is 2. The molecule has 0 amide bonds. The summed E-state index contributed by atoms with van der Waals surface area (Å²) in [5, 5.41) is 0. The third-order valence-corrected chi connectivity index (χ3v) is 2.22. The lowest BCUT2D eigenvalue weighted by Crippen LogP contribution is -1.86. The summed E-state index contributed by atoms with van der Waals surface area (Å²) in [6.45, 7) is 6.46. The van der Waals surface area contributed by atoms with Crippen LogP contribution in [0.2, 0.25) is 0 Å². The summed E-state index contributed by atoms with van der Waals surface area (Å²) in [5.41, 5.74) is 4.20. The average Bonchev–Trinajstić information content (AvgIpc) is 2.10. The van der Waals surface area contributed by atoms with Gasteiger partial charge < -0.3 is 0 Å². The molecule has 0 radical (unpaired) electrons. The molecule has 0 nitrogen and oxygen atoms in total. The first kappa shape index (κ1) is 9.05. The van der Waals surface area contributed by atoms with Crippen molar-refractivity contribution in [3.05, 3.63) is 41.5 Å². The Kier molecular flexibility index (Phi) is 3.09. The van der Waals surface area contributed by atoms with Gasteiger partial charge in [-0.2, -0.15) is 0 Å². The molecular weight excluding hydrogens is 144 g/mol. The molecule has 0 heteroatoms. The fraction of sp³-hybridized carbons (Fsp3) is 0.333. The van der Waals surface area contributed by atoms with Crippen LogP contribution in [0.5, 0.6) is 0 Å². The highest BCUT2D eigenvalue weighted by atomic mass is 14.0. The first-order valence-electron chi connectivity index (χ1n) is 4.50. The molecule has 0 atom stereocenters. The smallest absolute Gasteiger partial charge is 0.0199 e. The van der Waals surface area contributed by atoms with Crippen molar-refractivity contribution in [2.75, 3.05) is 0 Å². The molecule has 64 valence electrons. The predicted molar refractivity (Wildman–Crippen MR) is 55.1 cm³/mol. The fourth-order valence-electron chi connectivity index (χ4n) is 1.48. The quantitative estimate of drug-likeness (QED) is 0.617. The maximum Gasteiger partial charge on any atom is -0.0199 e. The van der Waals surface area contributed by atoms with Gasteiger partial charge in [-0.05, 0) is 37.0 Å².